The molecular formula is C9H9BN2O. The van der Waals surface area contributed by atoms with Gasteiger partial charge in [-0.3, -0.25) is 0 Å². The van der Waals surface area contributed by atoms with Crippen molar-refractivity contribution >= 4 is 30.7 Å². The first-order valence-corrected chi connectivity index (χ1v) is 4.03. The van der Waals surface area contributed by atoms with E-state index in [1.54, 1.807) is 6.34 Å². The van der Waals surface area contributed by atoms with Crippen LogP contribution in [0.3, 0.4) is 0 Å². The molecule has 0 unspecified atom stereocenters. The molecule has 1 aromatic rings. The van der Waals surface area contributed by atoms with Crippen molar-refractivity contribution in [1.29, 1.82) is 0 Å². The van der Waals surface area contributed by atoms with Crippen molar-refractivity contribution in [2.24, 2.45) is 4.99 Å². The maximum absolute atomic E-state index is 8.92. The summed E-state index contributed by atoms with van der Waals surface area (Å²) in [7, 11) is 0.0443. The largest absolute Gasteiger partial charge is 0.449 e. The summed E-state index contributed by atoms with van der Waals surface area (Å²) in [5.74, 6) is 0. The van der Waals surface area contributed by atoms with Crippen molar-refractivity contribution in [3.05, 3.63) is 30.3 Å². The Hall–Kier alpha value is -1.55. The number of nitrogens with one attached hydrogen (secondary N) is 1. The monoisotopic (exact) mass is 172 g/mol. The number of hydrogen-bond donors (Lipinski definition) is 2. The predicted molar refractivity (Wildman–Crippen MR) is 55.8 cm³/mol. The van der Waals surface area contributed by atoms with Gasteiger partial charge in [0.1, 0.15) is 0 Å². The molecular weight excluding hydrogens is 163 g/mol. The molecule has 0 bridgehead atoms. The molecule has 0 spiro atoms. The van der Waals surface area contributed by atoms with Gasteiger partial charge in [-0.05, 0) is 6.07 Å². The molecule has 64 valence electrons. The van der Waals surface area contributed by atoms with E-state index in [4.69, 9.17) is 5.02 Å². The van der Waals surface area contributed by atoms with E-state index < -0.39 is 0 Å². The minimum atomic E-state index is 0.0443. The van der Waals surface area contributed by atoms with Gasteiger partial charge in [0.15, 0.2) is 0 Å². The fraction of sp³-hybridized carbons (Fsp3) is 0. The van der Waals surface area contributed by atoms with E-state index in [9.17, 15) is 0 Å². The molecule has 2 rings (SSSR count). The van der Waals surface area contributed by atoms with Crippen molar-refractivity contribution in [2.75, 3.05) is 0 Å². The molecule has 4 heteroatoms. The van der Waals surface area contributed by atoms with E-state index in [0.29, 0.717) is 0 Å². The summed E-state index contributed by atoms with van der Waals surface area (Å²) in [4.78, 5) is 4.14. The highest BCUT2D eigenvalue weighted by Crippen LogP contribution is 2.24. The normalized spacial score (nSPS) is 13.5. The van der Waals surface area contributed by atoms with Gasteiger partial charge in [-0.2, -0.15) is 0 Å². The van der Waals surface area contributed by atoms with Gasteiger partial charge in [-0.25, -0.2) is 4.99 Å². The Kier molecular flexibility index (Phi) is 1.90. The van der Waals surface area contributed by atoms with Crippen molar-refractivity contribution < 1.29 is 5.02 Å². The molecule has 0 radical (unpaired) electrons. The SMILES string of the molecule is C=C1NC=Nc2cc(BO)ccc21. The van der Waals surface area contributed by atoms with E-state index >= 15 is 0 Å². The number of rotatable bonds is 1. The van der Waals surface area contributed by atoms with Gasteiger partial charge in [0.05, 0.1) is 12.0 Å². The molecule has 2 N–H and O–H groups in total. The molecule has 0 amide bonds. The summed E-state index contributed by atoms with van der Waals surface area (Å²) in [5.41, 5.74) is 3.55. The van der Waals surface area contributed by atoms with Gasteiger partial charge >= 0.3 is 7.48 Å². The zero-order chi connectivity index (χ0) is 9.26. The van der Waals surface area contributed by atoms with Gasteiger partial charge in [0.2, 0.25) is 0 Å². The number of benzene rings is 1. The van der Waals surface area contributed by atoms with Crippen LogP contribution in [-0.4, -0.2) is 18.8 Å². The van der Waals surface area contributed by atoms with E-state index in [0.717, 1.165) is 22.4 Å². The zero-order valence-electron chi connectivity index (χ0n) is 7.12. The summed E-state index contributed by atoms with van der Waals surface area (Å²) >= 11 is 0. The van der Waals surface area contributed by atoms with Gasteiger partial charge in [-0.15, -0.1) is 0 Å². The van der Waals surface area contributed by atoms with Crippen molar-refractivity contribution in [3.63, 3.8) is 0 Å². The maximum atomic E-state index is 8.92. The molecule has 1 aliphatic rings. The van der Waals surface area contributed by atoms with Crippen LogP contribution < -0.4 is 10.8 Å². The summed E-state index contributed by atoms with van der Waals surface area (Å²) in [6.45, 7) is 3.85. The van der Waals surface area contributed by atoms with Gasteiger partial charge in [0.25, 0.3) is 0 Å². The highest BCUT2D eigenvalue weighted by atomic mass is 16.2. The van der Waals surface area contributed by atoms with Crippen LogP contribution in [-0.2, 0) is 0 Å². The Morgan fingerprint density at radius 3 is 3.08 bits per heavy atom. The van der Waals surface area contributed by atoms with Crippen molar-refractivity contribution in [1.82, 2.24) is 5.32 Å². The number of nitrogens with zero attached hydrogens (tertiary/aromatic N) is 1. The van der Waals surface area contributed by atoms with Crippen LogP contribution in [0.15, 0.2) is 29.8 Å². The highest BCUT2D eigenvalue weighted by molar-refractivity contribution is 6.45. The summed E-state index contributed by atoms with van der Waals surface area (Å²) in [6.07, 6.45) is 1.60. The smallest absolute Gasteiger partial charge is 0.304 e. The van der Waals surface area contributed by atoms with Gasteiger partial charge in [-0.1, -0.05) is 24.2 Å². The molecule has 0 aromatic heterocycles. The molecule has 0 fully saturated rings. The average Bonchev–Trinajstić information content (AvgIpc) is 2.18. The Balaban J connectivity index is 2.53. The van der Waals surface area contributed by atoms with Crippen LogP contribution in [0.2, 0.25) is 0 Å². The first-order chi connectivity index (χ1) is 6.31. The lowest BCUT2D eigenvalue weighted by molar-refractivity contribution is 0.615. The third kappa shape index (κ3) is 1.36. The van der Waals surface area contributed by atoms with Crippen LogP contribution in [0.25, 0.3) is 5.70 Å². The number of fused-ring (bicyclic) bond motifs is 1. The lowest BCUT2D eigenvalue weighted by atomic mass is 9.87. The number of aliphatic imine (C=N–C) groups is 1. The second-order valence-electron chi connectivity index (χ2n) is 2.89. The standard InChI is InChI=1S/C9H9BN2O/c1-6-8-3-2-7(10-13)4-9(8)12-5-11-6/h2-5,10,13H,1H2,(H,11,12). The predicted octanol–water partition coefficient (Wildman–Crippen LogP) is -0.111. The van der Waals surface area contributed by atoms with E-state index in [2.05, 4.69) is 16.9 Å². The molecule has 0 saturated carbocycles. The zero-order valence-corrected chi connectivity index (χ0v) is 7.12. The van der Waals surface area contributed by atoms with Gasteiger partial charge < -0.3 is 10.3 Å². The van der Waals surface area contributed by atoms with E-state index in [1.807, 2.05) is 18.2 Å². The lowest BCUT2D eigenvalue weighted by Crippen LogP contribution is -2.17. The minimum Gasteiger partial charge on any atom is -0.449 e. The second kappa shape index (κ2) is 3.07. The lowest BCUT2D eigenvalue weighted by Gasteiger charge is -2.13. The third-order valence-electron chi connectivity index (χ3n) is 2.01. The first kappa shape index (κ1) is 8.07. The number of hydrogen-bond acceptors (Lipinski definition) is 3. The van der Waals surface area contributed by atoms with Crippen LogP contribution in [0.4, 0.5) is 5.69 Å². The van der Waals surface area contributed by atoms with Gasteiger partial charge in [0, 0.05) is 11.3 Å². The first-order valence-electron chi connectivity index (χ1n) is 4.03. The minimum absolute atomic E-state index is 0.0443. The topological polar surface area (TPSA) is 44.6 Å². The van der Waals surface area contributed by atoms with E-state index in [1.165, 1.54) is 0 Å². The van der Waals surface area contributed by atoms with Crippen LogP contribution in [0.1, 0.15) is 5.56 Å². The van der Waals surface area contributed by atoms with Crippen LogP contribution in [0, 0.1) is 0 Å². The molecule has 1 aromatic carbocycles. The molecule has 1 heterocycles. The van der Waals surface area contributed by atoms with Crippen LogP contribution >= 0.6 is 0 Å². The molecule has 1 aliphatic heterocycles. The fourth-order valence-electron chi connectivity index (χ4n) is 1.30. The Morgan fingerprint density at radius 1 is 1.46 bits per heavy atom. The molecule has 0 atom stereocenters. The van der Waals surface area contributed by atoms with Crippen LogP contribution in [0.5, 0.6) is 0 Å². The fourth-order valence-corrected chi connectivity index (χ4v) is 1.30. The summed E-state index contributed by atoms with van der Waals surface area (Å²) in [6, 6.07) is 5.64. The Bertz CT molecular complexity index is 387. The second-order valence-corrected chi connectivity index (χ2v) is 2.89. The quantitative estimate of drug-likeness (QED) is 0.580. The molecule has 3 nitrogen and oxygen atoms in total. The maximum Gasteiger partial charge on any atom is 0.304 e. The molecule has 13 heavy (non-hydrogen) atoms. The Labute approximate surface area is 77.1 Å². The van der Waals surface area contributed by atoms with Crippen molar-refractivity contribution in [3.8, 4) is 0 Å². The summed E-state index contributed by atoms with van der Waals surface area (Å²) < 4.78 is 0. The van der Waals surface area contributed by atoms with Crippen molar-refractivity contribution in [2.45, 2.75) is 0 Å². The highest BCUT2D eigenvalue weighted by Gasteiger charge is 2.08. The molecule has 0 saturated heterocycles. The Morgan fingerprint density at radius 2 is 2.31 bits per heavy atom. The van der Waals surface area contributed by atoms with E-state index in [-0.39, 0.29) is 7.48 Å². The average molecular weight is 172 g/mol. The summed E-state index contributed by atoms with van der Waals surface area (Å²) in [5, 5.41) is 11.8. The molecule has 0 aliphatic carbocycles. The third-order valence-corrected chi connectivity index (χ3v) is 2.01.